The largest absolute Gasteiger partial charge is 0.497 e. The van der Waals surface area contributed by atoms with Crippen LogP contribution >= 0.6 is 11.6 Å². The number of hydrogen-bond donors (Lipinski definition) is 1. The molecule has 1 aromatic carbocycles. The number of nitrogens with zero attached hydrogens (tertiary/aromatic N) is 1. The first kappa shape index (κ1) is 15.4. The predicted molar refractivity (Wildman–Crippen MR) is 82.4 cm³/mol. The quantitative estimate of drug-likeness (QED) is 0.861. The smallest absolute Gasteiger partial charge is 0.329 e. The third-order valence-electron chi connectivity index (χ3n) is 3.20. The number of H-pyrrole nitrogens is 1. The first-order chi connectivity index (χ1) is 10.1. The lowest BCUT2D eigenvalue weighted by Gasteiger charge is -2.09. The summed E-state index contributed by atoms with van der Waals surface area (Å²) in [6.45, 7) is 2.13. The van der Waals surface area contributed by atoms with E-state index in [9.17, 15) is 9.59 Å². The molecule has 0 bridgehead atoms. The van der Waals surface area contributed by atoms with Crippen LogP contribution in [0.2, 0.25) is 5.15 Å². The van der Waals surface area contributed by atoms with Gasteiger partial charge in [-0.3, -0.25) is 14.3 Å². The molecule has 0 fully saturated rings. The Balaban J connectivity index is 2.46. The molecule has 2 rings (SSSR count). The van der Waals surface area contributed by atoms with Gasteiger partial charge in [0, 0.05) is 0 Å². The summed E-state index contributed by atoms with van der Waals surface area (Å²) < 4.78 is 6.30. The van der Waals surface area contributed by atoms with Crippen LogP contribution in [0, 0.1) is 0 Å². The molecule has 0 saturated carbocycles. The van der Waals surface area contributed by atoms with E-state index in [1.165, 1.54) is 0 Å². The maximum absolute atomic E-state index is 12.4. The third-order valence-corrected chi connectivity index (χ3v) is 3.53. The van der Waals surface area contributed by atoms with Crippen molar-refractivity contribution in [1.82, 2.24) is 9.55 Å². The number of aromatic nitrogens is 2. The molecule has 0 radical (unpaired) electrons. The molecule has 112 valence electrons. The van der Waals surface area contributed by atoms with E-state index in [2.05, 4.69) is 4.98 Å². The molecule has 1 aromatic heterocycles. The van der Waals surface area contributed by atoms with Crippen molar-refractivity contribution in [2.75, 3.05) is 7.11 Å². The lowest BCUT2D eigenvalue weighted by atomic mass is 10.2. The Kier molecular flexibility index (Phi) is 4.85. The molecule has 0 aliphatic heterocycles. The fourth-order valence-corrected chi connectivity index (χ4v) is 2.41. The van der Waals surface area contributed by atoms with Gasteiger partial charge in [-0.15, -0.1) is 0 Å². The van der Waals surface area contributed by atoms with E-state index < -0.39 is 5.69 Å². The summed E-state index contributed by atoms with van der Waals surface area (Å²) in [7, 11) is 1.57. The van der Waals surface area contributed by atoms with Crippen molar-refractivity contribution in [2.45, 2.75) is 26.3 Å². The molecule has 1 N–H and O–H groups in total. The highest BCUT2D eigenvalue weighted by Crippen LogP contribution is 2.13. The lowest BCUT2D eigenvalue weighted by molar-refractivity contribution is 0.414. The average molecular weight is 309 g/mol. The fraction of sp³-hybridized carbons (Fsp3) is 0.333. The number of methoxy groups -OCH3 is 1. The molecule has 0 aliphatic carbocycles. The molecule has 2 aromatic rings. The van der Waals surface area contributed by atoms with Crippen molar-refractivity contribution in [3.8, 4) is 5.75 Å². The van der Waals surface area contributed by atoms with Crippen LogP contribution in [0.3, 0.4) is 0 Å². The summed E-state index contributed by atoms with van der Waals surface area (Å²) in [6, 6.07) is 7.25. The first-order valence-corrected chi connectivity index (χ1v) is 7.09. The molecule has 1 heterocycles. The number of benzene rings is 1. The highest BCUT2D eigenvalue weighted by molar-refractivity contribution is 6.30. The molecule has 0 spiro atoms. The Bertz CT molecular complexity index is 749. The van der Waals surface area contributed by atoms with Crippen LogP contribution in [-0.2, 0) is 13.0 Å². The molecule has 0 unspecified atom stereocenters. The molecule has 0 amide bonds. The maximum Gasteiger partial charge on any atom is 0.329 e. The number of hydrogen-bond acceptors (Lipinski definition) is 3. The zero-order chi connectivity index (χ0) is 15.4. The fourth-order valence-electron chi connectivity index (χ4n) is 2.15. The molecule has 5 nitrogen and oxygen atoms in total. The molecule has 0 aliphatic rings. The van der Waals surface area contributed by atoms with Crippen LogP contribution in [0.4, 0.5) is 0 Å². The summed E-state index contributed by atoms with van der Waals surface area (Å²) in [5.41, 5.74) is 0.412. The Morgan fingerprint density at radius 1 is 1.33 bits per heavy atom. The third kappa shape index (κ3) is 3.36. The van der Waals surface area contributed by atoms with Gasteiger partial charge < -0.3 is 4.74 Å². The van der Waals surface area contributed by atoms with Gasteiger partial charge in [-0.2, -0.15) is 0 Å². The van der Waals surface area contributed by atoms with Gasteiger partial charge in [0.05, 0.1) is 19.2 Å². The maximum atomic E-state index is 12.4. The number of nitrogens with one attached hydrogen (secondary N) is 1. The summed E-state index contributed by atoms with van der Waals surface area (Å²) in [6.07, 6.45) is 1.31. The summed E-state index contributed by atoms with van der Waals surface area (Å²) in [4.78, 5) is 26.9. The van der Waals surface area contributed by atoms with Gasteiger partial charge in [-0.1, -0.05) is 37.1 Å². The van der Waals surface area contributed by atoms with Crippen LogP contribution in [0.5, 0.6) is 5.75 Å². The summed E-state index contributed by atoms with van der Waals surface area (Å²) in [5.74, 6) is 0.680. The summed E-state index contributed by atoms with van der Waals surface area (Å²) in [5, 5.41) is 0.133. The minimum Gasteiger partial charge on any atom is -0.497 e. The van der Waals surface area contributed by atoms with E-state index in [-0.39, 0.29) is 17.3 Å². The lowest BCUT2D eigenvalue weighted by Crippen LogP contribution is -2.37. The summed E-state index contributed by atoms with van der Waals surface area (Å²) >= 11 is 5.95. The van der Waals surface area contributed by atoms with Gasteiger partial charge in [0.25, 0.3) is 5.56 Å². The number of aromatic amines is 1. The number of rotatable bonds is 5. The van der Waals surface area contributed by atoms with Gasteiger partial charge in [-0.05, 0) is 24.1 Å². The molecule has 0 saturated heterocycles. The predicted octanol–water partition coefficient (Wildman–Crippen LogP) is 2.20. The SMILES string of the molecule is CCCc1c(Cl)[nH]c(=O)n(Cc2cccc(OC)c2)c1=O. The number of halogens is 1. The minimum atomic E-state index is -0.507. The Morgan fingerprint density at radius 3 is 2.76 bits per heavy atom. The van der Waals surface area contributed by atoms with Gasteiger partial charge in [0.15, 0.2) is 0 Å². The van der Waals surface area contributed by atoms with E-state index in [4.69, 9.17) is 16.3 Å². The van der Waals surface area contributed by atoms with Gasteiger partial charge >= 0.3 is 5.69 Å². The normalized spacial score (nSPS) is 10.6. The minimum absolute atomic E-state index is 0.133. The molecule has 0 atom stereocenters. The molecular weight excluding hydrogens is 292 g/mol. The van der Waals surface area contributed by atoms with Gasteiger partial charge in [0.2, 0.25) is 0 Å². The van der Waals surface area contributed by atoms with Crippen molar-refractivity contribution < 1.29 is 4.74 Å². The topological polar surface area (TPSA) is 64.1 Å². The van der Waals surface area contributed by atoms with Gasteiger partial charge in [-0.25, -0.2) is 4.79 Å². The van der Waals surface area contributed by atoms with E-state index in [1.807, 2.05) is 19.1 Å². The van der Waals surface area contributed by atoms with Crippen LogP contribution in [0.15, 0.2) is 33.9 Å². The van der Waals surface area contributed by atoms with Crippen LogP contribution < -0.4 is 16.0 Å². The standard InChI is InChI=1S/C15H17ClN2O3/c1-3-5-12-13(16)17-15(20)18(14(12)19)9-10-6-4-7-11(8-10)21-2/h4,6-8H,3,5,9H2,1-2H3,(H,17,20). The molecule has 6 heteroatoms. The number of ether oxygens (including phenoxy) is 1. The zero-order valence-electron chi connectivity index (χ0n) is 12.0. The van der Waals surface area contributed by atoms with Crippen molar-refractivity contribution in [3.05, 3.63) is 61.4 Å². The Morgan fingerprint density at radius 2 is 2.10 bits per heavy atom. The monoisotopic (exact) mass is 308 g/mol. The van der Waals surface area contributed by atoms with Crippen molar-refractivity contribution in [3.63, 3.8) is 0 Å². The second kappa shape index (κ2) is 6.63. The highest BCUT2D eigenvalue weighted by Gasteiger charge is 2.12. The van der Waals surface area contributed by atoms with E-state index >= 15 is 0 Å². The van der Waals surface area contributed by atoms with Crippen LogP contribution in [-0.4, -0.2) is 16.7 Å². The van der Waals surface area contributed by atoms with E-state index in [1.54, 1.807) is 19.2 Å². The molecular formula is C15H17ClN2O3. The average Bonchev–Trinajstić information content (AvgIpc) is 2.48. The second-order valence-electron chi connectivity index (χ2n) is 4.72. The Hall–Kier alpha value is -2.01. The Labute approximate surface area is 127 Å². The zero-order valence-corrected chi connectivity index (χ0v) is 12.7. The van der Waals surface area contributed by atoms with Crippen LogP contribution in [0.1, 0.15) is 24.5 Å². The highest BCUT2D eigenvalue weighted by atomic mass is 35.5. The van der Waals surface area contributed by atoms with E-state index in [0.717, 1.165) is 16.6 Å². The van der Waals surface area contributed by atoms with Crippen molar-refractivity contribution >= 4 is 11.6 Å². The second-order valence-corrected chi connectivity index (χ2v) is 5.09. The van der Waals surface area contributed by atoms with Crippen molar-refractivity contribution in [1.29, 1.82) is 0 Å². The first-order valence-electron chi connectivity index (χ1n) is 6.71. The van der Waals surface area contributed by atoms with Crippen molar-refractivity contribution in [2.24, 2.45) is 0 Å². The van der Waals surface area contributed by atoms with E-state index in [0.29, 0.717) is 17.7 Å². The van der Waals surface area contributed by atoms with Crippen LogP contribution in [0.25, 0.3) is 0 Å². The van der Waals surface area contributed by atoms with Gasteiger partial charge in [0.1, 0.15) is 10.9 Å². The molecule has 21 heavy (non-hydrogen) atoms.